The lowest BCUT2D eigenvalue weighted by Gasteiger charge is -2.00. The van der Waals surface area contributed by atoms with E-state index in [9.17, 15) is 9.18 Å². The first-order chi connectivity index (χ1) is 13.1. The number of hydrogen-bond donors (Lipinski definition) is 2. The van der Waals surface area contributed by atoms with Crippen LogP contribution in [0.25, 0.3) is 11.3 Å². The van der Waals surface area contributed by atoms with Crippen molar-refractivity contribution in [1.82, 2.24) is 15.1 Å². The molecule has 4 rings (SSSR count). The maximum atomic E-state index is 13.0. The number of nitrogens with two attached hydrogens (primary N) is 1. The van der Waals surface area contributed by atoms with Crippen LogP contribution in [0.1, 0.15) is 15.4 Å². The zero-order valence-corrected chi connectivity index (χ0v) is 14.5. The first-order valence-corrected chi connectivity index (χ1v) is 8.62. The highest BCUT2D eigenvalue weighted by Crippen LogP contribution is 2.30. The van der Waals surface area contributed by atoms with Gasteiger partial charge in [-0.25, -0.2) is 9.37 Å². The summed E-state index contributed by atoms with van der Waals surface area (Å²) in [6.45, 7) is 0. The molecule has 1 aromatic carbocycles. The Kier molecular flexibility index (Phi) is 4.35. The Balaban J connectivity index is 1.57. The SMILES string of the molecule is Nc1nc(Nc2ccc(F)cc2)sc1C(=O)c1cc(-c2cccnc2)no1. The smallest absolute Gasteiger partial charge is 0.244 e. The second-order valence-electron chi connectivity index (χ2n) is 5.51. The lowest BCUT2D eigenvalue weighted by Crippen LogP contribution is -2.01. The zero-order valence-electron chi connectivity index (χ0n) is 13.7. The van der Waals surface area contributed by atoms with Gasteiger partial charge in [0.15, 0.2) is 5.13 Å². The molecule has 9 heteroatoms. The van der Waals surface area contributed by atoms with Crippen molar-refractivity contribution in [2.45, 2.75) is 0 Å². The molecule has 0 aliphatic carbocycles. The van der Waals surface area contributed by atoms with Crippen molar-refractivity contribution in [3.8, 4) is 11.3 Å². The van der Waals surface area contributed by atoms with Gasteiger partial charge in [0.05, 0.1) is 0 Å². The lowest BCUT2D eigenvalue weighted by molar-refractivity contribution is 0.100. The number of nitrogens with one attached hydrogen (secondary N) is 1. The summed E-state index contributed by atoms with van der Waals surface area (Å²) in [7, 11) is 0. The summed E-state index contributed by atoms with van der Waals surface area (Å²) in [6, 6.07) is 10.9. The number of hydrogen-bond acceptors (Lipinski definition) is 8. The number of carbonyl (C=O) groups is 1. The van der Waals surface area contributed by atoms with Crippen molar-refractivity contribution in [3.05, 3.63) is 71.3 Å². The van der Waals surface area contributed by atoms with Crippen LogP contribution in [0.2, 0.25) is 0 Å². The van der Waals surface area contributed by atoms with Gasteiger partial charge in [-0.1, -0.05) is 16.5 Å². The largest absolute Gasteiger partial charge is 0.382 e. The number of halogens is 1. The lowest BCUT2D eigenvalue weighted by atomic mass is 10.2. The van der Waals surface area contributed by atoms with Gasteiger partial charge in [0.1, 0.15) is 22.2 Å². The third-order valence-corrected chi connectivity index (χ3v) is 4.63. The van der Waals surface area contributed by atoms with Gasteiger partial charge in [-0.2, -0.15) is 0 Å². The van der Waals surface area contributed by atoms with Crippen molar-refractivity contribution >= 4 is 33.8 Å². The molecule has 0 saturated carbocycles. The zero-order chi connectivity index (χ0) is 18.8. The van der Waals surface area contributed by atoms with Crippen molar-refractivity contribution < 1.29 is 13.7 Å². The van der Waals surface area contributed by atoms with Crippen LogP contribution in [0.4, 0.5) is 21.0 Å². The summed E-state index contributed by atoms with van der Waals surface area (Å²) in [4.78, 5) is 21.1. The van der Waals surface area contributed by atoms with Gasteiger partial charge in [0, 0.05) is 29.7 Å². The van der Waals surface area contributed by atoms with Gasteiger partial charge < -0.3 is 15.6 Å². The predicted molar refractivity (Wildman–Crippen MR) is 99.4 cm³/mol. The molecule has 3 N–H and O–H groups in total. The van der Waals surface area contributed by atoms with E-state index in [1.54, 1.807) is 30.6 Å². The molecule has 0 amide bonds. The average Bonchev–Trinajstić information content (AvgIpc) is 3.31. The molecule has 0 fully saturated rings. The molecule has 0 saturated heterocycles. The molecule has 0 aliphatic rings. The van der Waals surface area contributed by atoms with Crippen LogP contribution in [0.3, 0.4) is 0 Å². The molecular formula is C18H12FN5O2S. The monoisotopic (exact) mass is 381 g/mol. The van der Waals surface area contributed by atoms with Crippen molar-refractivity contribution in [3.63, 3.8) is 0 Å². The van der Waals surface area contributed by atoms with Crippen LogP contribution in [-0.2, 0) is 0 Å². The Morgan fingerprint density at radius 3 is 2.78 bits per heavy atom. The number of nitrogens with zero attached hydrogens (tertiary/aromatic N) is 3. The quantitative estimate of drug-likeness (QED) is 0.505. The molecule has 0 unspecified atom stereocenters. The Bertz CT molecular complexity index is 1090. The molecule has 3 heterocycles. The number of benzene rings is 1. The molecule has 0 spiro atoms. The van der Waals surface area contributed by atoms with E-state index in [2.05, 4.69) is 20.4 Å². The summed E-state index contributed by atoms with van der Waals surface area (Å²) in [5, 5.41) is 7.30. The molecule has 134 valence electrons. The fourth-order valence-electron chi connectivity index (χ4n) is 2.35. The number of carbonyl (C=O) groups excluding carboxylic acids is 1. The number of aromatic nitrogens is 3. The number of thiazole rings is 1. The highest BCUT2D eigenvalue weighted by molar-refractivity contribution is 7.18. The molecule has 0 aliphatic heterocycles. The third-order valence-electron chi connectivity index (χ3n) is 3.65. The highest BCUT2D eigenvalue weighted by Gasteiger charge is 2.22. The van der Waals surface area contributed by atoms with Gasteiger partial charge in [-0.15, -0.1) is 0 Å². The fraction of sp³-hybridized carbons (Fsp3) is 0. The Hall–Kier alpha value is -3.59. The topological polar surface area (TPSA) is 107 Å². The second kappa shape index (κ2) is 6.96. The number of rotatable bonds is 5. The normalized spacial score (nSPS) is 10.7. The van der Waals surface area contributed by atoms with Crippen LogP contribution in [0, 0.1) is 5.82 Å². The number of pyridine rings is 1. The van der Waals surface area contributed by atoms with Crippen LogP contribution in [0.5, 0.6) is 0 Å². The Morgan fingerprint density at radius 1 is 1.22 bits per heavy atom. The maximum absolute atomic E-state index is 13.0. The first kappa shape index (κ1) is 16.9. The first-order valence-electron chi connectivity index (χ1n) is 7.81. The van der Waals surface area contributed by atoms with Gasteiger partial charge >= 0.3 is 0 Å². The van der Waals surface area contributed by atoms with Crippen molar-refractivity contribution in [1.29, 1.82) is 0 Å². The third kappa shape index (κ3) is 3.53. The summed E-state index contributed by atoms with van der Waals surface area (Å²) in [5.74, 6) is -0.629. The summed E-state index contributed by atoms with van der Waals surface area (Å²) in [5.41, 5.74) is 7.74. The summed E-state index contributed by atoms with van der Waals surface area (Å²) < 4.78 is 18.2. The second-order valence-corrected chi connectivity index (χ2v) is 6.51. The van der Waals surface area contributed by atoms with E-state index in [0.29, 0.717) is 16.5 Å². The van der Waals surface area contributed by atoms with E-state index < -0.39 is 5.78 Å². The molecule has 7 nitrogen and oxygen atoms in total. The maximum Gasteiger partial charge on any atom is 0.244 e. The van der Waals surface area contributed by atoms with Crippen LogP contribution >= 0.6 is 11.3 Å². The molecule has 0 bridgehead atoms. The van der Waals surface area contributed by atoms with E-state index in [0.717, 1.165) is 16.9 Å². The number of anilines is 3. The molecular weight excluding hydrogens is 369 g/mol. The molecule has 0 radical (unpaired) electrons. The Labute approximate surface area is 156 Å². The van der Waals surface area contributed by atoms with Crippen LogP contribution < -0.4 is 11.1 Å². The predicted octanol–water partition coefficient (Wildman–Crippen LogP) is 3.89. The molecule has 27 heavy (non-hydrogen) atoms. The number of ketones is 1. The van der Waals surface area contributed by atoms with E-state index in [1.807, 2.05) is 6.07 Å². The van der Waals surface area contributed by atoms with Crippen molar-refractivity contribution in [2.24, 2.45) is 0 Å². The van der Waals surface area contributed by atoms with E-state index in [-0.39, 0.29) is 22.3 Å². The van der Waals surface area contributed by atoms with Gasteiger partial charge in [-0.3, -0.25) is 9.78 Å². The summed E-state index contributed by atoms with van der Waals surface area (Å²) in [6.07, 6.45) is 3.27. The van der Waals surface area contributed by atoms with E-state index in [4.69, 9.17) is 10.3 Å². The molecule has 0 atom stereocenters. The molecule has 3 aromatic heterocycles. The van der Waals surface area contributed by atoms with Gasteiger partial charge in [0.25, 0.3) is 0 Å². The standard InChI is InChI=1S/C18H12FN5O2S/c19-11-3-5-12(6-4-11)22-18-23-17(20)16(27-18)15(25)14-8-13(24-26-14)10-2-1-7-21-9-10/h1-9H,20H2,(H,22,23). The van der Waals surface area contributed by atoms with Crippen LogP contribution in [-0.4, -0.2) is 20.9 Å². The fourth-order valence-corrected chi connectivity index (χ4v) is 3.20. The summed E-state index contributed by atoms with van der Waals surface area (Å²) >= 11 is 1.08. The van der Waals surface area contributed by atoms with Gasteiger partial charge in [0.2, 0.25) is 11.5 Å². The molecule has 4 aromatic rings. The van der Waals surface area contributed by atoms with Crippen molar-refractivity contribution in [2.75, 3.05) is 11.1 Å². The highest BCUT2D eigenvalue weighted by atomic mass is 32.1. The minimum Gasteiger partial charge on any atom is -0.382 e. The average molecular weight is 381 g/mol. The van der Waals surface area contributed by atoms with E-state index >= 15 is 0 Å². The number of nitrogen functional groups attached to an aromatic ring is 1. The van der Waals surface area contributed by atoms with E-state index in [1.165, 1.54) is 18.2 Å². The van der Waals surface area contributed by atoms with Gasteiger partial charge in [-0.05, 0) is 36.4 Å². The minimum absolute atomic E-state index is 0.0533. The minimum atomic E-state index is -0.417. The Morgan fingerprint density at radius 2 is 2.04 bits per heavy atom. The van der Waals surface area contributed by atoms with Crippen LogP contribution in [0.15, 0.2) is 59.4 Å².